The Hall–Kier alpha value is -1.78. The van der Waals surface area contributed by atoms with Crippen LogP contribution in [-0.2, 0) is 13.6 Å². The first-order valence-electron chi connectivity index (χ1n) is 4.49. The largest absolute Gasteiger partial charge is 0.367 e. The van der Waals surface area contributed by atoms with Gasteiger partial charge in [-0.25, -0.2) is 0 Å². The summed E-state index contributed by atoms with van der Waals surface area (Å²) in [6, 6.07) is 2.02. The van der Waals surface area contributed by atoms with Gasteiger partial charge >= 0.3 is 0 Å². The minimum absolute atomic E-state index is 0.759. The third-order valence-electron chi connectivity index (χ3n) is 2.21. The van der Waals surface area contributed by atoms with Crippen LogP contribution in [0.5, 0.6) is 0 Å². The fourth-order valence-electron chi connectivity index (χ4n) is 1.21. The minimum Gasteiger partial charge on any atom is -0.367 e. The van der Waals surface area contributed by atoms with Gasteiger partial charge in [-0.15, -0.1) is 10.2 Å². The van der Waals surface area contributed by atoms with E-state index in [9.17, 15) is 0 Å². The normalized spacial score (nSPS) is 10.4. The first-order chi connectivity index (χ1) is 6.77. The number of hydrogen-bond donors (Lipinski definition) is 2. The van der Waals surface area contributed by atoms with Crippen molar-refractivity contribution in [3.63, 3.8) is 0 Å². The average molecular weight is 191 g/mol. The summed E-state index contributed by atoms with van der Waals surface area (Å²) < 4.78 is 1.92. The number of aromatic nitrogens is 4. The molecule has 74 valence electrons. The van der Waals surface area contributed by atoms with Crippen LogP contribution in [0.15, 0.2) is 18.5 Å². The van der Waals surface area contributed by atoms with E-state index in [0.717, 1.165) is 18.3 Å². The molecule has 0 amide bonds. The van der Waals surface area contributed by atoms with E-state index in [4.69, 9.17) is 0 Å². The van der Waals surface area contributed by atoms with Crippen LogP contribution >= 0.6 is 0 Å². The molecule has 5 nitrogen and oxygen atoms in total. The van der Waals surface area contributed by atoms with Crippen LogP contribution in [-0.4, -0.2) is 19.7 Å². The molecule has 2 N–H and O–H groups in total. The molecule has 2 heterocycles. The highest BCUT2D eigenvalue weighted by Crippen LogP contribution is 2.05. The van der Waals surface area contributed by atoms with Crippen molar-refractivity contribution in [2.75, 3.05) is 5.32 Å². The van der Waals surface area contributed by atoms with E-state index in [1.165, 1.54) is 5.56 Å². The molecule has 0 radical (unpaired) electrons. The van der Waals surface area contributed by atoms with E-state index < -0.39 is 0 Å². The van der Waals surface area contributed by atoms with Crippen molar-refractivity contribution in [2.45, 2.75) is 13.5 Å². The highest BCUT2D eigenvalue weighted by Gasteiger charge is 2.03. The first kappa shape index (κ1) is 8.80. The lowest BCUT2D eigenvalue weighted by molar-refractivity contribution is 0.854. The molecule has 0 aliphatic heterocycles. The molecule has 14 heavy (non-hydrogen) atoms. The Morgan fingerprint density at radius 2 is 2.36 bits per heavy atom. The van der Waals surface area contributed by atoms with E-state index in [-0.39, 0.29) is 0 Å². The number of aryl methyl sites for hydroxylation is 1. The van der Waals surface area contributed by atoms with Crippen molar-refractivity contribution in [3.05, 3.63) is 29.8 Å². The zero-order chi connectivity index (χ0) is 9.97. The molecule has 2 aromatic heterocycles. The lowest BCUT2D eigenvalue weighted by Gasteiger charge is -2.03. The van der Waals surface area contributed by atoms with Gasteiger partial charge in [-0.3, -0.25) is 0 Å². The zero-order valence-electron chi connectivity index (χ0n) is 8.28. The Morgan fingerprint density at radius 1 is 1.50 bits per heavy atom. The lowest BCUT2D eigenvalue weighted by Crippen LogP contribution is -2.04. The van der Waals surface area contributed by atoms with Crippen molar-refractivity contribution < 1.29 is 0 Å². The molecule has 0 unspecified atom stereocenters. The molecule has 0 spiro atoms. The van der Waals surface area contributed by atoms with Gasteiger partial charge in [0.05, 0.1) is 0 Å². The molecule has 5 heteroatoms. The SMILES string of the molecule is Cc1nnc(NCc2cc[nH]c2)n1C. The predicted molar refractivity (Wildman–Crippen MR) is 53.9 cm³/mol. The Bertz CT molecular complexity index is 401. The van der Waals surface area contributed by atoms with Gasteiger partial charge in [0.2, 0.25) is 5.95 Å². The van der Waals surface area contributed by atoms with Gasteiger partial charge in [-0.05, 0) is 18.6 Å². The molecule has 0 bridgehead atoms. The van der Waals surface area contributed by atoms with Crippen molar-refractivity contribution in [1.82, 2.24) is 19.7 Å². The van der Waals surface area contributed by atoms with E-state index in [2.05, 4.69) is 20.5 Å². The van der Waals surface area contributed by atoms with Crippen molar-refractivity contribution in [1.29, 1.82) is 0 Å². The van der Waals surface area contributed by atoms with Gasteiger partial charge in [-0.2, -0.15) is 0 Å². The maximum Gasteiger partial charge on any atom is 0.224 e. The summed E-state index contributed by atoms with van der Waals surface area (Å²) in [6.07, 6.45) is 3.86. The fraction of sp³-hybridized carbons (Fsp3) is 0.333. The Balaban J connectivity index is 2.02. The van der Waals surface area contributed by atoms with Gasteiger partial charge in [0.15, 0.2) is 0 Å². The number of nitrogens with one attached hydrogen (secondary N) is 2. The maximum absolute atomic E-state index is 4.01. The summed E-state index contributed by atoms with van der Waals surface area (Å²) in [5.74, 6) is 1.70. The van der Waals surface area contributed by atoms with Crippen LogP contribution in [0, 0.1) is 6.92 Å². The second kappa shape index (κ2) is 3.53. The third kappa shape index (κ3) is 1.61. The van der Waals surface area contributed by atoms with Crippen LogP contribution in [0.2, 0.25) is 0 Å². The standard InChI is InChI=1S/C9H13N5/c1-7-12-13-9(14(7)2)11-6-8-3-4-10-5-8/h3-5,10H,6H2,1-2H3,(H,11,13). The molecule has 0 aliphatic carbocycles. The van der Waals surface area contributed by atoms with E-state index in [1.807, 2.05) is 37.0 Å². The van der Waals surface area contributed by atoms with Crippen LogP contribution in [0.25, 0.3) is 0 Å². The number of nitrogens with zero attached hydrogens (tertiary/aromatic N) is 3. The molecule has 0 saturated carbocycles. The van der Waals surface area contributed by atoms with Crippen molar-refractivity contribution in [3.8, 4) is 0 Å². The molecule has 2 aromatic rings. The fourth-order valence-corrected chi connectivity index (χ4v) is 1.21. The molecule has 0 atom stereocenters. The topological polar surface area (TPSA) is 58.5 Å². The average Bonchev–Trinajstić information content (AvgIpc) is 2.77. The van der Waals surface area contributed by atoms with Crippen molar-refractivity contribution in [2.24, 2.45) is 7.05 Å². The molecule has 2 rings (SSSR count). The maximum atomic E-state index is 4.01. The number of aromatic amines is 1. The van der Waals surface area contributed by atoms with E-state index >= 15 is 0 Å². The van der Waals surface area contributed by atoms with Gasteiger partial charge in [0.1, 0.15) is 5.82 Å². The second-order valence-electron chi connectivity index (χ2n) is 3.20. The number of rotatable bonds is 3. The smallest absolute Gasteiger partial charge is 0.224 e. The summed E-state index contributed by atoms with van der Waals surface area (Å²) >= 11 is 0. The van der Waals surface area contributed by atoms with Gasteiger partial charge in [-0.1, -0.05) is 0 Å². The minimum atomic E-state index is 0.759. The summed E-state index contributed by atoms with van der Waals surface area (Å²) in [6.45, 7) is 2.68. The monoisotopic (exact) mass is 191 g/mol. The highest BCUT2D eigenvalue weighted by atomic mass is 15.3. The molecule has 0 aliphatic rings. The summed E-state index contributed by atoms with van der Waals surface area (Å²) in [5.41, 5.74) is 1.20. The molecule has 0 fully saturated rings. The van der Waals surface area contributed by atoms with E-state index in [1.54, 1.807) is 0 Å². The lowest BCUT2D eigenvalue weighted by atomic mass is 10.3. The van der Waals surface area contributed by atoms with Crippen molar-refractivity contribution >= 4 is 5.95 Å². The second-order valence-corrected chi connectivity index (χ2v) is 3.20. The quantitative estimate of drug-likeness (QED) is 0.762. The van der Waals surface area contributed by atoms with Gasteiger partial charge in [0.25, 0.3) is 0 Å². The Kier molecular flexibility index (Phi) is 2.22. The summed E-state index contributed by atoms with van der Waals surface area (Å²) in [5, 5.41) is 11.2. The number of anilines is 1. The van der Waals surface area contributed by atoms with Crippen LogP contribution in [0.4, 0.5) is 5.95 Å². The Morgan fingerprint density at radius 3 is 2.93 bits per heavy atom. The number of H-pyrrole nitrogens is 1. The summed E-state index contributed by atoms with van der Waals surface area (Å²) in [7, 11) is 1.94. The molecular weight excluding hydrogens is 178 g/mol. The van der Waals surface area contributed by atoms with Crippen LogP contribution in [0.1, 0.15) is 11.4 Å². The first-order valence-corrected chi connectivity index (χ1v) is 4.49. The van der Waals surface area contributed by atoms with E-state index in [0.29, 0.717) is 0 Å². The predicted octanol–water partition coefficient (Wildman–Crippen LogP) is 1.06. The highest BCUT2D eigenvalue weighted by molar-refractivity contribution is 5.27. The summed E-state index contributed by atoms with van der Waals surface area (Å²) in [4.78, 5) is 3.00. The molecule has 0 saturated heterocycles. The van der Waals surface area contributed by atoms with Crippen LogP contribution < -0.4 is 5.32 Å². The Labute approximate surface area is 82.2 Å². The molecule has 0 aromatic carbocycles. The third-order valence-corrected chi connectivity index (χ3v) is 2.21. The van der Waals surface area contributed by atoms with Gasteiger partial charge in [0, 0.05) is 26.0 Å². The van der Waals surface area contributed by atoms with Gasteiger partial charge < -0.3 is 14.9 Å². The zero-order valence-corrected chi connectivity index (χ0v) is 8.28. The number of hydrogen-bond acceptors (Lipinski definition) is 3. The molecular formula is C9H13N5. The van der Waals surface area contributed by atoms with Crippen LogP contribution in [0.3, 0.4) is 0 Å².